The predicted octanol–water partition coefficient (Wildman–Crippen LogP) is 2.58. The van der Waals surface area contributed by atoms with Gasteiger partial charge in [0.25, 0.3) is 0 Å². The summed E-state index contributed by atoms with van der Waals surface area (Å²) in [6, 6.07) is 14.7. The predicted molar refractivity (Wildman–Crippen MR) is 99.5 cm³/mol. The number of carbonyl (C=O) groups excluding carboxylic acids is 1. The first-order chi connectivity index (χ1) is 12.1. The van der Waals surface area contributed by atoms with E-state index in [9.17, 15) is 9.18 Å². The van der Waals surface area contributed by atoms with Gasteiger partial charge in [0.2, 0.25) is 5.91 Å². The molecule has 0 aliphatic heterocycles. The summed E-state index contributed by atoms with van der Waals surface area (Å²) < 4.78 is 13.5. The van der Waals surface area contributed by atoms with E-state index in [-0.39, 0.29) is 11.7 Å². The summed E-state index contributed by atoms with van der Waals surface area (Å²) in [5.74, 6) is -0.572. The second-order valence-corrected chi connectivity index (χ2v) is 6.02. The van der Waals surface area contributed by atoms with Crippen LogP contribution in [-0.4, -0.2) is 19.0 Å². The Labute approximate surface area is 149 Å². The van der Waals surface area contributed by atoms with E-state index in [1.54, 1.807) is 23.1 Å². The molecule has 4 heteroatoms. The summed E-state index contributed by atoms with van der Waals surface area (Å²) in [5.41, 5.74) is 2.75. The Morgan fingerprint density at radius 2 is 1.68 bits per heavy atom. The number of benzene rings is 2. The van der Waals surface area contributed by atoms with Crippen LogP contribution in [0.5, 0.6) is 0 Å². The topological polar surface area (TPSA) is 33.5 Å². The second kappa shape index (κ2) is 9.74. The molecule has 0 spiro atoms. The highest BCUT2D eigenvalue weighted by molar-refractivity contribution is 5.91. The van der Waals surface area contributed by atoms with Crippen LogP contribution >= 0.6 is 0 Å². The molecule has 3 nitrogen and oxygen atoms in total. The fraction of sp³-hybridized carbons (Fsp3) is 0.286. The Morgan fingerprint density at radius 1 is 1.04 bits per heavy atom. The fourth-order valence-corrected chi connectivity index (χ4v) is 2.59. The maximum Gasteiger partial charge on any atom is 0.244 e. The minimum Gasteiger partial charge on any atom is -0.348 e. The third kappa shape index (κ3) is 6.16. The van der Waals surface area contributed by atoms with Crippen LogP contribution in [0.2, 0.25) is 0 Å². The molecule has 0 aliphatic rings. The molecule has 0 aromatic heterocycles. The van der Waals surface area contributed by atoms with Gasteiger partial charge in [-0.05, 0) is 31.6 Å². The van der Waals surface area contributed by atoms with Crippen LogP contribution < -0.4 is 10.2 Å². The number of hydrogen-bond donors (Lipinski definition) is 2. The van der Waals surface area contributed by atoms with Crippen molar-refractivity contribution in [1.82, 2.24) is 5.32 Å². The minimum absolute atomic E-state index is 0.236. The van der Waals surface area contributed by atoms with Crippen molar-refractivity contribution in [2.45, 2.75) is 26.9 Å². The van der Waals surface area contributed by atoms with Crippen molar-refractivity contribution in [3.63, 3.8) is 0 Å². The quantitative estimate of drug-likeness (QED) is 0.711. The monoisotopic (exact) mass is 341 g/mol. The minimum atomic E-state index is -0.336. The first-order valence-electron chi connectivity index (χ1n) is 8.74. The average molecular weight is 341 g/mol. The number of quaternary nitrogens is 1. The van der Waals surface area contributed by atoms with Gasteiger partial charge in [0.15, 0.2) is 0 Å². The van der Waals surface area contributed by atoms with Crippen molar-refractivity contribution in [1.29, 1.82) is 0 Å². The molecule has 0 unspecified atom stereocenters. The zero-order valence-electron chi connectivity index (χ0n) is 14.9. The van der Waals surface area contributed by atoms with Gasteiger partial charge in [-0.15, -0.1) is 0 Å². The molecule has 0 aliphatic carbocycles. The molecule has 0 radical (unpaired) electrons. The summed E-state index contributed by atoms with van der Waals surface area (Å²) >= 11 is 0. The van der Waals surface area contributed by atoms with Gasteiger partial charge in [0, 0.05) is 23.7 Å². The maximum absolute atomic E-state index is 13.5. The number of halogens is 1. The lowest BCUT2D eigenvalue weighted by Crippen LogP contribution is -3.10. The van der Waals surface area contributed by atoms with Gasteiger partial charge in [0.05, 0.1) is 13.1 Å². The Bertz CT molecular complexity index is 706. The van der Waals surface area contributed by atoms with Crippen LogP contribution in [0.1, 0.15) is 30.5 Å². The molecule has 0 saturated heterocycles. The molecule has 2 N–H and O–H groups in total. The summed E-state index contributed by atoms with van der Waals surface area (Å²) in [6.45, 7) is 8.09. The Morgan fingerprint density at radius 3 is 2.32 bits per heavy atom. The number of nitrogens with one attached hydrogen (secondary N) is 2. The van der Waals surface area contributed by atoms with E-state index in [0.29, 0.717) is 12.1 Å². The Balaban J connectivity index is 1.84. The van der Waals surface area contributed by atoms with E-state index in [2.05, 4.69) is 31.3 Å². The first-order valence-corrected chi connectivity index (χ1v) is 8.74. The Kier molecular flexibility index (Phi) is 7.36. The molecule has 1 amide bonds. The standard InChI is InChI=1S/C21H25FN2O/c1-3-24(4-2)16-18-11-9-17(10-12-18)15-23-21(25)14-13-19-7-5-6-8-20(19)22/h5-14H,3-4,15-16H2,1-2H3,(H,23,25)/p+1/b14-13+. The van der Waals surface area contributed by atoms with E-state index in [0.717, 1.165) is 25.2 Å². The highest BCUT2D eigenvalue weighted by Gasteiger charge is 2.04. The van der Waals surface area contributed by atoms with Crippen molar-refractivity contribution >= 4 is 12.0 Å². The summed E-state index contributed by atoms with van der Waals surface area (Å²) in [5, 5.41) is 2.82. The number of hydrogen-bond acceptors (Lipinski definition) is 1. The number of carbonyl (C=O) groups is 1. The molecule has 2 aromatic carbocycles. The van der Waals surface area contributed by atoms with Crippen LogP contribution in [0.25, 0.3) is 6.08 Å². The smallest absolute Gasteiger partial charge is 0.244 e. The van der Waals surface area contributed by atoms with E-state index < -0.39 is 0 Å². The summed E-state index contributed by atoms with van der Waals surface area (Å²) in [6.07, 6.45) is 2.84. The van der Waals surface area contributed by atoms with Gasteiger partial charge in [-0.3, -0.25) is 4.79 Å². The molecule has 0 fully saturated rings. The molecule has 0 heterocycles. The molecule has 0 bridgehead atoms. The highest BCUT2D eigenvalue weighted by Crippen LogP contribution is 2.08. The first kappa shape index (κ1) is 18.9. The molecule has 2 aromatic rings. The van der Waals surface area contributed by atoms with Gasteiger partial charge < -0.3 is 10.2 Å². The van der Waals surface area contributed by atoms with Gasteiger partial charge >= 0.3 is 0 Å². The normalized spacial score (nSPS) is 11.2. The van der Waals surface area contributed by atoms with E-state index in [4.69, 9.17) is 0 Å². The number of amides is 1. The third-order valence-corrected chi connectivity index (χ3v) is 4.26. The second-order valence-electron chi connectivity index (χ2n) is 6.02. The van der Waals surface area contributed by atoms with Crippen LogP contribution in [0, 0.1) is 5.82 Å². The maximum atomic E-state index is 13.5. The SMILES string of the molecule is CC[NH+](CC)Cc1ccc(CNC(=O)/C=C/c2ccccc2F)cc1. The van der Waals surface area contributed by atoms with Crippen LogP contribution in [0.4, 0.5) is 4.39 Å². The Hall–Kier alpha value is -2.46. The zero-order valence-corrected chi connectivity index (χ0v) is 14.9. The van der Waals surface area contributed by atoms with Crippen molar-refractivity contribution in [3.05, 3.63) is 77.1 Å². The third-order valence-electron chi connectivity index (χ3n) is 4.26. The van der Waals surface area contributed by atoms with Crippen LogP contribution in [0.3, 0.4) is 0 Å². The van der Waals surface area contributed by atoms with Crippen LogP contribution in [0.15, 0.2) is 54.6 Å². The molecular weight excluding hydrogens is 315 g/mol. The van der Waals surface area contributed by atoms with E-state index >= 15 is 0 Å². The summed E-state index contributed by atoms with van der Waals surface area (Å²) in [4.78, 5) is 13.4. The van der Waals surface area contributed by atoms with Gasteiger partial charge in [-0.1, -0.05) is 42.5 Å². The zero-order chi connectivity index (χ0) is 18.1. The van der Waals surface area contributed by atoms with Crippen molar-refractivity contribution < 1.29 is 14.1 Å². The highest BCUT2D eigenvalue weighted by atomic mass is 19.1. The van der Waals surface area contributed by atoms with Crippen molar-refractivity contribution in [3.8, 4) is 0 Å². The molecule has 132 valence electrons. The molecular formula is C21H26FN2O+. The van der Waals surface area contributed by atoms with Crippen molar-refractivity contribution in [2.75, 3.05) is 13.1 Å². The number of rotatable bonds is 8. The molecule has 0 saturated carbocycles. The lowest BCUT2D eigenvalue weighted by Gasteiger charge is -2.15. The van der Waals surface area contributed by atoms with Gasteiger partial charge in [0.1, 0.15) is 12.4 Å². The van der Waals surface area contributed by atoms with Crippen molar-refractivity contribution in [2.24, 2.45) is 0 Å². The molecule has 25 heavy (non-hydrogen) atoms. The fourth-order valence-electron chi connectivity index (χ4n) is 2.59. The summed E-state index contributed by atoms with van der Waals surface area (Å²) in [7, 11) is 0. The van der Waals surface area contributed by atoms with E-state index in [1.807, 2.05) is 12.1 Å². The van der Waals surface area contributed by atoms with Crippen LogP contribution in [-0.2, 0) is 17.9 Å². The lowest BCUT2D eigenvalue weighted by molar-refractivity contribution is -0.910. The van der Waals surface area contributed by atoms with Gasteiger partial charge in [-0.2, -0.15) is 0 Å². The largest absolute Gasteiger partial charge is 0.348 e. The van der Waals surface area contributed by atoms with Gasteiger partial charge in [-0.25, -0.2) is 4.39 Å². The molecule has 2 rings (SSSR count). The molecule has 0 atom stereocenters. The van der Waals surface area contributed by atoms with E-state index in [1.165, 1.54) is 23.8 Å². The lowest BCUT2D eigenvalue weighted by atomic mass is 10.1. The average Bonchev–Trinajstić information content (AvgIpc) is 2.64.